The summed E-state index contributed by atoms with van der Waals surface area (Å²) >= 11 is 0. The number of aliphatic hydroxyl groups is 1. The molecule has 0 saturated carbocycles. The van der Waals surface area contributed by atoms with Gasteiger partial charge in [-0.25, -0.2) is 0 Å². The van der Waals surface area contributed by atoms with Gasteiger partial charge in [0, 0.05) is 18.2 Å². The lowest BCUT2D eigenvalue weighted by Gasteiger charge is -2.12. The zero-order valence-corrected chi connectivity index (χ0v) is 11.7. The van der Waals surface area contributed by atoms with Crippen LogP contribution < -0.4 is 9.47 Å². The lowest BCUT2D eigenvalue weighted by atomic mass is 10.0. The molecule has 1 aromatic carbocycles. The predicted octanol–water partition coefficient (Wildman–Crippen LogP) is 2.77. The Balaban J connectivity index is 2.10. The van der Waals surface area contributed by atoms with E-state index in [0.29, 0.717) is 18.8 Å². The van der Waals surface area contributed by atoms with Crippen LogP contribution in [0.3, 0.4) is 0 Å². The van der Waals surface area contributed by atoms with Crippen LogP contribution in [0.25, 0.3) is 0 Å². The van der Waals surface area contributed by atoms with Crippen LogP contribution in [0.5, 0.6) is 11.5 Å². The van der Waals surface area contributed by atoms with Gasteiger partial charge in [-0.15, -0.1) is 0 Å². The van der Waals surface area contributed by atoms with Gasteiger partial charge < -0.3 is 14.6 Å². The molecule has 0 spiro atoms. The maximum absolute atomic E-state index is 10.3. The normalized spacial score (nSPS) is 11.9. The highest BCUT2D eigenvalue weighted by molar-refractivity contribution is 5.31. The van der Waals surface area contributed by atoms with E-state index in [9.17, 15) is 5.11 Å². The van der Waals surface area contributed by atoms with Gasteiger partial charge in [-0.1, -0.05) is 12.1 Å². The zero-order chi connectivity index (χ0) is 14.4. The molecule has 106 valence electrons. The van der Waals surface area contributed by atoms with Crippen LogP contribution in [0.1, 0.15) is 24.2 Å². The van der Waals surface area contributed by atoms with E-state index in [0.717, 1.165) is 16.9 Å². The largest absolute Gasteiger partial charge is 0.497 e. The number of ether oxygens (including phenoxy) is 2. The Kier molecular flexibility index (Phi) is 4.96. The highest BCUT2D eigenvalue weighted by Crippen LogP contribution is 2.23. The number of hydrogen-bond acceptors (Lipinski definition) is 4. The third-order valence-corrected chi connectivity index (χ3v) is 2.99. The third kappa shape index (κ3) is 3.71. The Labute approximate surface area is 119 Å². The molecule has 0 radical (unpaired) electrons. The molecule has 1 aromatic heterocycles. The number of benzene rings is 1. The molecule has 0 saturated heterocycles. The fraction of sp³-hybridized carbons (Fsp3) is 0.312. The van der Waals surface area contributed by atoms with Gasteiger partial charge in [0.2, 0.25) is 0 Å². The van der Waals surface area contributed by atoms with E-state index in [4.69, 9.17) is 9.47 Å². The Morgan fingerprint density at radius 2 is 2.05 bits per heavy atom. The molecule has 2 aromatic rings. The van der Waals surface area contributed by atoms with Gasteiger partial charge in [-0.3, -0.25) is 4.98 Å². The van der Waals surface area contributed by atoms with E-state index >= 15 is 0 Å². The summed E-state index contributed by atoms with van der Waals surface area (Å²) in [5.74, 6) is 1.46. The minimum Gasteiger partial charge on any atom is -0.497 e. The van der Waals surface area contributed by atoms with Crippen LogP contribution >= 0.6 is 0 Å². The van der Waals surface area contributed by atoms with E-state index in [1.54, 1.807) is 19.5 Å². The Morgan fingerprint density at radius 1 is 1.20 bits per heavy atom. The van der Waals surface area contributed by atoms with Crippen LogP contribution in [-0.4, -0.2) is 23.8 Å². The smallest absolute Gasteiger partial charge is 0.137 e. The van der Waals surface area contributed by atoms with E-state index < -0.39 is 6.10 Å². The van der Waals surface area contributed by atoms with Gasteiger partial charge in [-0.05, 0) is 30.7 Å². The van der Waals surface area contributed by atoms with E-state index in [1.165, 1.54) is 0 Å². The summed E-state index contributed by atoms with van der Waals surface area (Å²) in [5, 5.41) is 10.3. The fourth-order valence-electron chi connectivity index (χ4n) is 2.00. The Bertz CT molecular complexity index is 557. The summed E-state index contributed by atoms with van der Waals surface area (Å²) in [5.41, 5.74) is 1.76. The quantitative estimate of drug-likeness (QED) is 0.879. The second kappa shape index (κ2) is 6.91. The topological polar surface area (TPSA) is 51.6 Å². The first-order valence-electron chi connectivity index (χ1n) is 6.61. The van der Waals surface area contributed by atoms with E-state index in [-0.39, 0.29) is 0 Å². The second-order valence-corrected chi connectivity index (χ2v) is 4.46. The maximum atomic E-state index is 10.3. The average molecular weight is 273 g/mol. The molecule has 4 heteroatoms. The molecule has 1 atom stereocenters. The SMILES string of the molecule is CCOc1cncc(C(O)Cc2cccc(OC)c2)c1. The van der Waals surface area contributed by atoms with Crippen LogP contribution in [-0.2, 0) is 6.42 Å². The van der Waals surface area contributed by atoms with Crippen LogP contribution in [0, 0.1) is 0 Å². The highest BCUT2D eigenvalue weighted by Gasteiger charge is 2.10. The first-order valence-corrected chi connectivity index (χ1v) is 6.61. The zero-order valence-electron chi connectivity index (χ0n) is 11.7. The van der Waals surface area contributed by atoms with Crippen molar-refractivity contribution < 1.29 is 14.6 Å². The fourth-order valence-corrected chi connectivity index (χ4v) is 2.00. The summed E-state index contributed by atoms with van der Waals surface area (Å²) in [6.45, 7) is 2.50. The molecule has 0 fully saturated rings. The molecule has 2 rings (SSSR count). The minimum absolute atomic E-state index is 0.508. The molecule has 0 aliphatic carbocycles. The predicted molar refractivity (Wildman–Crippen MR) is 77.1 cm³/mol. The maximum Gasteiger partial charge on any atom is 0.137 e. The summed E-state index contributed by atoms with van der Waals surface area (Å²) in [7, 11) is 1.63. The molecule has 20 heavy (non-hydrogen) atoms. The number of aliphatic hydroxyl groups excluding tert-OH is 1. The van der Waals surface area contributed by atoms with Gasteiger partial charge in [0.15, 0.2) is 0 Å². The van der Waals surface area contributed by atoms with Gasteiger partial charge in [0.05, 0.1) is 26.0 Å². The van der Waals surface area contributed by atoms with Crippen molar-refractivity contribution in [3.63, 3.8) is 0 Å². The third-order valence-electron chi connectivity index (χ3n) is 2.99. The second-order valence-electron chi connectivity index (χ2n) is 4.46. The van der Waals surface area contributed by atoms with Crippen molar-refractivity contribution in [2.24, 2.45) is 0 Å². The molecule has 0 bridgehead atoms. The van der Waals surface area contributed by atoms with Crippen molar-refractivity contribution in [2.45, 2.75) is 19.4 Å². The van der Waals surface area contributed by atoms with Crippen molar-refractivity contribution in [1.82, 2.24) is 4.98 Å². The van der Waals surface area contributed by atoms with E-state index in [1.807, 2.05) is 37.3 Å². The number of hydrogen-bond donors (Lipinski definition) is 1. The Morgan fingerprint density at radius 3 is 2.80 bits per heavy atom. The molecular formula is C16H19NO3. The van der Waals surface area contributed by atoms with Gasteiger partial charge in [-0.2, -0.15) is 0 Å². The average Bonchev–Trinajstić information content (AvgIpc) is 2.48. The number of aromatic nitrogens is 1. The minimum atomic E-state index is -0.616. The van der Waals surface area contributed by atoms with Crippen LogP contribution in [0.4, 0.5) is 0 Å². The van der Waals surface area contributed by atoms with E-state index in [2.05, 4.69) is 4.98 Å². The first kappa shape index (κ1) is 14.3. The molecule has 1 N–H and O–H groups in total. The summed E-state index contributed by atoms with van der Waals surface area (Å²) in [6, 6.07) is 9.50. The Hall–Kier alpha value is -2.07. The van der Waals surface area contributed by atoms with Crippen molar-refractivity contribution in [3.05, 3.63) is 53.9 Å². The standard InChI is InChI=1S/C16H19NO3/c1-3-20-15-9-13(10-17-11-15)16(18)8-12-5-4-6-14(7-12)19-2/h4-7,9-11,16,18H,3,8H2,1-2H3. The van der Waals surface area contributed by atoms with Gasteiger partial charge >= 0.3 is 0 Å². The number of pyridine rings is 1. The molecular weight excluding hydrogens is 254 g/mol. The monoisotopic (exact) mass is 273 g/mol. The summed E-state index contributed by atoms with van der Waals surface area (Å²) in [6.07, 6.45) is 3.20. The molecule has 4 nitrogen and oxygen atoms in total. The highest BCUT2D eigenvalue weighted by atomic mass is 16.5. The van der Waals surface area contributed by atoms with Crippen LogP contribution in [0.15, 0.2) is 42.7 Å². The molecule has 0 amide bonds. The molecule has 1 heterocycles. The summed E-state index contributed by atoms with van der Waals surface area (Å²) < 4.78 is 10.6. The lowest BCUT2D eigenvalue weighted by Crippen LogP contribution is -2.03. The van der Waals surface area contributed by atoms with Crippen LogP contribution in [0.2, 0.25) is 0 Å². The van der Waals surface area contributed by atoms with Crippen molar-refractivity contribution in [1.29, 1.82) is 0 Å². The van der Waals surface area contributed by atoms with Gasteiger partial charge in [0.25, 0.3) is 0 Å². The van der Waals surface area contributed by atoms with Crippen molar-refractivity contribution in [2.75, 3.05) is 13.7 Å². The molecule has 0 aliphatic rings. The number of methoxy groups -OCH3 is 1. The lowest BCUT2D eigenvalue weighted by molar-refractivity contribution is 0.177. The van der Waals surface area contributed by atoms with Crippen molar-refractivity contribution in [3.8, 4) is 11.5 Å². The molecule has 1 unspecified atom stereocenters. The number of nitrogens with zero attached hydrogens (tertiary/aromatic N) is 1. The van der Waals surface area contributed by atoms with Crippen molar-refractivity contribution >= 4 is 0 Å². The van der Waals surface area contributed by atoms with Gasteiger partial charge in [0.1, 0.15) is 11.5 Å². The number of rotatable bonds is 6. The molecule has 0 aliphatic heterocycles. The summed E-state index contributed by atoms with van der Waals surface area (Å²) in [4.78, 5) is 4.09. The first-order chi connectivity index (χ1) is 9.72.